The second kappa shape index (κ2) is 8.09. The summed E-state index contributed by atoms with van der Waals surface area (Å²) >= 11 is 0. The molecule has 0 aromatic carbocycles. The lowest BCUT2D eigenvalue weighted by Crippen LogP contribution is -2.40. The van der Waals surface area contributed by atoms with E-state index in [1.807, 2.05) is 0 Å². The highest BCUT2D eigenvalue weighted by Gasteiger charge is 2.48. The van der Waals surface area contributed by atoms with Crippen molar-refractivity contribution in [3.8, 4) is 0 Å². The summed E-state index contributed by atoms with van der Waals surface area (Å²) in [5, 5.41) is 2.32. The minimum atomic E-state index is -0.825. The SMILES string of the molecule is CN(C)C(=O)CNC(=O)COC(=O)CN1C(=O)[C@H]2CCCC[C@H]2C1=O. The Kier molecular flexibility index (Phi) is 6.11. The number of fused-ring (bicyclic) bond motifs is 1. The van der Waals surface area contributed by atoms with Gasteiger partial charge in [-0.25, -0.2) is 0 Å². The monoisotopic (exact) mass is 353 g/mol. The van der Waals surface area contributed by atoms with Gasteiger partial charge in [-0.2, -0.15) is 0 Å². The normalized spacial score (nSPS) is 22.4. The third kappa shape index (κ3) is 4.55. The molecule has 0 bridgehead atoms. The third-order valence-corrected chi connectivity index (χ3v) is 4.52. The molecule has 1 aliphatic carbocycles. The summed E-state index contributed by atoms with van der Waals surface area (Å²) in [7, 11) is 3.10. The molecule has 0 radical (unpaired) electrons. The topological polar surface area (TPSA) is 113 Å². The van der Waals surface area contributed by atoms with Gasteiger partial charge in [-0.3, -0.25) is 28.9 Å². The van der Waals surface area contributed by atoms with Crippen LogP contribution in [-0.2, 0) is 28.7 Å². The molecular weight excluding hydrogens is 330 g/mol. The number of amides is 4. The Hall–Kier alpha value is -2.45. The Morgan fingerprint density at radius 1 is 1.12 bits per heavy atom. The van der Waals surface area contributed by atoms with Crippen LogP contribution in [0.1, 0.15) is 25.7 Å². The van der Waals surface area contributed by atoms with Crippen LogP contribution in [0.15, 0.2) is 0 Å². The molecule has 2 fully saturated rings. The maximum atomic E-state index is 12.2. The van der Waals surface area contributed by atoms with E-state index in [-0.39, 0.29) is 36.1 Å². The number of likely N-dealkylation sites (tertiary alicyclic amines) is 1. The van der Waals surface area contributed by atoms with Crippen LogP contribution >= 0.6 is 0 Å². The predicted octanol–water partition coefficient (Wildman–Crippen LogP) is -1.09. The molecule has 25 heavy (non-hydrogen) atoms. The van der Waals surface area contributed by atoms with E-state index in [1.165, 1.54) is 4.90 Å². The van der Waals surface area contributed by atoms with Gasteiger partial charge in [0.1, 0.15) is 6.54 Å². The minimum Gasteiger partial charge on any atom is -0.454 e. The largest absolute Gasteiger partial charge is 0.454 e. The second-order valence-corrected chi connectivity index (χ2v) is 6.49. The first-order valence-electron chi connectivity index (χ1n) is 8.29. The number of carbonyl (C=O) groups is 5. The summed E-state index contributed by atoms with van der Waals surface area (Å²) in [4.78, 5) is 61.4. The number of hydrogen-bond acceptors (Lipinski definition) is 6. The summed E-state index contributed by atoms with van der Waals surface area (Å²) in [6, 6.07) is 0. The van der Waals surface area contributed by atoms with E-state index in [2.05, 4.69) is 5.32 Å². The number of carbonyl (C=O) groups excluding carboxylic acids is 5. The van der Waals surface area contributed by atoms with Crippen LogP contribution in [0.3, 0.4) is 0 Å². The van der Waals surface area contributed by atoms with E-state index < -0.39 is 25.0 Å². The summed E-state index contributed by atoms with van der Waals surface area (Å²) < 4.78 is 4.79. The number of ether oxygens (including phenoxy) is 1. The first-order chi connectivity index (χ1) is 11.8. The smallest absolute Gasteiger partial charge is 0.326 e. The van der Waals surface area contributed by atoms with Gasteiger partial charge in [-0.05, 0) is 12.8 Å². The first-order valence-corrected chi connectivity index (χ1v) is 8.29. The van der Waals surface area contributed by atoms with Crippen molar-refractivity contribution >= 4 is 29.6 Å². The van der Waals surface area contributed by atoms with Crippen LogP contribution in [0.4, 0.5) is 0 Å². The fourth-order valence-corrected chi connectivity index (χ4v) is 3.09. The number of hydrogen-bond donors (Lipinski definition) is 1. The molecule has 1 aliphatic heterocycles. The van der Waals surface area contributed by atoms with Gasteiger partial charge in [-0.15, -0.1) is 0 Å². The van der Waals surface area contributed by atoms with Gasteiger partial charge in [0, 0.05) is 14.1 Å². The Morgan fingerprint density at radius 2 is 1.68 bits per heavy atom. The molecule has 0 unspecified atom stereocenters. The maximum absolute atomic E-state index is 12.2. The number of imide groups is 1. The lowest BCUT2D eigenvalue weighted by atomic mass is 9.81. The van der Waals surface area contributed by atoms with Crippen molar-refractivity contribution in [1.29, 1.82) is 0 Å². The molecule has 1 saturated carbocycles. The van der Waals surface area contributed by atoms with Crippen molar-refractivity contribution in [1.82, 2.24) is 15.1 Å². The van der Waals surface area contributed by atoms with Gasteiger partial charge >= 0.3 is 5.97 Å². The lowest BCUT2D eigenvalue weighted by molar-refractivity contribution is -0.155. The van der Waals surface area contributed by atoms with E-state index in [0.717, 1.165) is 17.7 Å². The Labute approximate surface area is 145 Å². The summed E-state index contributed by atoms with van der Waals surface area (Å²) in [6.45, 7) is -1.24. The Morgan fingerprint density at radius 3 is 2.20 bits per heavy atom. The molecule has 2 aliphatic rings. The van der Waals surface area contributed by atoms with Crippen molar-refractivity contribution < 1.29 is 28.7 Å². The number of nitrogens with zero attached hydrogens (tertiary/aromatic N) is 2. The van der Waals surface area contributed by atoms with Crippen LogP contribution in [0, 0.1) is 11.8 Å². The molecule has 1 heterocycles. The molecule has 0 spiro atoms. The molecule has 2 rings (SSSR count). The molecule has 2 atom stereocenters. The van der Waals surface area contributed by atoms with Gasteiger partial charge in [0.15, 0.2) is 6.61 Å². The molecule has 9 heteroatoms. The average Bonchev–Trinajstić information content (AvgIpc) is 2.83. The summed E-state index contributed by atoms with van der Waals surface area (Å²) in [6.07, 6.45) is 3.15. The van der Waals surface area contributed by atoms with Crippen LogP contribution in [-0.4, -0.2) is 73.2 Å². The standard InChI is InChI=1S/C16H23N3O6/c1-18(2)13(21)7-17-12(20)9-25-14(22)8-19-15(23)10-5-3-4-6-11(10)16(19)24/h10-11H,3-9H2,1-2H3,(H,17,20)/t10-,11+. The quantitative estimate of drug-likeness (QED) is 0.479. The zero-order valence-corrected chi connectivity index (χ0v) is 14.4. The van der Waals surface area contributed by atoms with Crippen LogP contribution in [0.2, 0.25) is 0 Å². The van der Waals surface area contributed by atoms with Crippen molar-refractivity contribution in [2.45, 2.75) is 25.7 Å². The fraction of sp³-hybridized carbons (Fsp3) is 0.688. The van der Waals surface area contributed by atoms with Crippen LogP contribution in [0.25, 0.3) is 0 Å². The van der Waals surface area contributed by atoms with E-state index in [0.29, 0.717) is 12.8 Å². The minimum absolute atomic E-state index is 0.199. The first kappa shape index (κ1) is 18.9. The zero-order valence-electron chi connectivity index (χ0n) is 14.4. The van der Waals surface area contributed by atoms with Crippen molar-refractivity contribution in [3.63, 3.8) is 0 Å². The van der Waals surface area contributed by atoms with Crippen molar-refractivity contribution in [3.05, 3.63) is 0 Å². The van der Waals surface area contributed by atoms with E-state index >= 15 is 0 Å². The number of rotatable bonds is 6. The Balaban J connectivity index is 1.76. The fourth-order valence-electron chi connectivity index (χ4n) is 3.09. The van der Waals surface area contributed by atoms with Crippen molar-refractivity contribution in [2.75, 3.05) is 33.8 Å². The van der Waals surface area contributed by atoms with E-state index in [9.17, 15) is 24.0 Å². The maximum Gasteiger partial charge on any atom is 0.326 e. The predicted molar refractivity (Wildman–Crippen MR) is 84.8 cm³/mol. The highest BCUT2D eigenvalue weighted by atomic mass is 16.5. The lowest BCUT2D eigenvalue weighted by Gasteiger charge is -2.19. The number of esters is 1. The number of likely N-dealkylation sites (N-methyl/N-ethyl adjacent to an activating group) is 1. The molecular formula is C16H23N3O6. The summed E-state index contributed by atoms with van der Waals surface area (Å²) in [5.41, 5.74) is 0. The number of nitrogens with one attached hydrogen (secondary N) is 1. The molecule has 9 nitrogen and oxygen atoms in total. The molecule has 0 aromatic heterocycles. The molecule has 1 saturated heterocycles. The van der Waals surface area contributed by atoms with Gasteiger partial charge in [0.25, 0.3) is 5.91 Å². The second-order valence-electron chi connectivity index (χ2n) is 6.49. The van der Waals surface area contributed by atoms with Crippen LogP contribution < -0.4 is 5.32 Å². The van der Waals surface area contributed by atoms with Gasteiger partial charge in [-0.1, -0.05) is 12.8 Å². The van der Waals surface area contributed by atoms with Gasteiger partial charge < -0.3 is 15.0 Å². The van der Waals surface area contributed by atoms with Gasteiger partial charge in [0.2, 0.25) is 17.7 Å². The zero-order chi connectivity index (χ0) is 18.6. The van der Waals surface area contributed by atoms with E-state index in [1.54, 1.807) is 14.1 Å². The highest BCUT2D eigenvalue weighted by molar-refractivity contribution is 6.07. The Bertz CT molecular complexity index is 564. The highest BCUT2D eigenvalue weighted by Crippen LogP contribution is 2.37. The molecule has 0 aromatic rings. The molecule has 1 N–H and O–H groups in total. The van der Waals surface area contributed by atoms with E-state index in [4.69, 9.17) is 4.74 Å². The van der Waals surface area contributed by atoms with Crippen LogP contribution in [0.5, 0.6) is 0 Å². The van der Waals surface area contributed by atoms with Crippen molar-refractivity contribution in [2.24, 2.45) is 11.8 Å². The third-order valence-electron chi connectivity index (χ3n) is 4.52. The molecule has 138 valence electrons. The van der Waals surface area contributed by atoms with Gasteiger partial charge in [0.05, 0.1) is 18.4 Å². The average molecular weight is 353 g/mol. The molecule has 4 amide bonds. The summed E-state index contributed by atoms with van der Waals surface area (Å²) in [5.74, 6) is -3.05.